The van der Waals surface area contributed by atoms with Crippen LogP contribution in [0.5, 0.6) is 0 Å². The predicted molar refractivity (Wildman–Crippen MR) is 119 cm³/mol. The van der Waals surface area contributed by atoms with Gasteiger partial charge < -0.3 is 10.0 Å². The van der Waals surface area contributed by atoms with Gasteiger partial charge in [-0.15, -0.1) is 0 Å². The Morgan fingerprint density at radius 2 is 1.93 bits per heavy atom. The lowest BCUT2D eigenvalue weighted by Crippen LogP contribution is -2.67. The third kappa shape index (κ3) is 2.86. The molecule has 7 heteroatoms. The Morgan fingerprint density at radius 3 is 2.70 bits per heavy atom. The maximum Gasteiger partial charge on any atom is 0.261 e. The average molecular weight is 425 g/mol. The molecule has 1 saturated heterocycles. The van der Waals surface area contributed by atoms with Crippen LogP contribution in [0.2, 0.25) is 5.02 Å². The third-order valence-corrected chi connectivity index (χ3v) is 7.01. The van der Waals surface area contributed by atoms with Crippen molar-refractivity contribution < 1.29 is 9.90 Å². The molecule has 30 heavy (non-hydrogen) atoms. The van der Waals surface area contributed by atoms with E-state index in [2.05, 4.69) is 28.0 Å². The number of hydrogen-bond acceptors (Lipinski definition) is 5. The second-order valence-electron chi connectivity index (χ2n) is 8.29. The van der Waals surface area contributed by atoms with Gasteiger partial charge in [-0.05, 0) is 49.2 Å². The number of piperazine rings is 1. The molecule has 3 aliphatic heterocycles. The van der Waals surface area contributed by atoms with Crippen LogP contribution in [0.4, 0.5) is 11.4 Å². The molecule has 3 aliphatic rings. The first-order valence-corrected chi connectivity index (χ1v) is 10.8. The fourth-order valence-electron chi connectivity index (χ4n) is 5.23. The Kier molecular flexibility index (Phi) is 4.81. The summed E-state index contributed by atoms with van der Waals surface area (Å²) in [4.78, 5) is 18.6. The number of halogens is 1. The molecule has 2 atom stereocenters. The summed E-state index contributed by atoms with van der Waals surface area (Å²) in [7, 11) is 0. The molecule has 1 spiro atoms. The van der Waals surface area contributed by atoms with E-state index in [9.17, 15) is 9.90 Å². The zero-order valence-electron chi connectivity index (χ0n) is 17.0. The number of hydrogen-bond donors (Lipinski definition) is 1. The van der Waals surface area contributed by atoms with Crippen molar-refractivity contribution >= 4 is 34.6 Å². The van der Waals surface area contributed by atoms with Crippen molar-refractivity contribution in [3.63, 3.8) is 0 Å². The number of hydrazone groups is 1. The van der Waals surface area contributed by atoms with Crippen molar-refractivity contribution in [2.45, 2.75) is 19.4 Å². The van der Waals surface area contributed by atoms with E-state index >= 15 is 0 Å². The normalized spacial score (nSPS) is 26.0. The Labute approximate surface area is 181 Å². The maximum absolute atomic E-state index is 14.0. The van der Waals surface area contributed by atoms with Crippen molar-refractivity contribution in [1.29, 1.82) is 0 Å². The Balaban J connectivity index is 1.59. The second-order valence-corrected chi connectivity index (χ2v) is 8.73. The molecule has 2 aromatic rings. The second kappa shape index (κ2) is 7.38. The van der Waals surface area contributed by atoms with Crippen LogP contribution in [0.25, 0.3) is 0 Å². The van der Waals surface area contributed by atoms with Gasteiger partial charge in [-0.1, -0.05) is 29.8 Å². The molecule has 2 aromatic carbocycles. The fourth-order valence-corrected chi connectivity index (χ4v) is 5.35. The molecule has 156 valence electrons. The smallest absolute Gasteiger partial charge is 0.261 e. The Bertz CT molecular complexity index is 1010. The summed E-state index contributed by atoms with van der Waals surface area (Å²) >= 11 is 6.05. The zero-order valence-corrected chi connectivity index (χ0v) is 17.7. The third-order valence-electron chi connectivity index (χ3n) is 6.76. The number of carbonyl (C=O) groups is 1. The largest absolute Gasteiger partial charge is 0.395 e. The molecule has 5 rings (SSSR count). The molecule has 3 heterocycles. The Hall–Kier alpha value is -2.41. The molecule has 0 aliphatic carbocycles. The van der Waals surface area contributed by atoms with Crippen LogP contribution in [0, 0.1) is 5.41 Å². The van der Waals surface area contributed by atoms with Crippen LogP contribution < -0.4 is 9.91 Å². The first-order valence-electron chi connectivity index (χ1n) is 10.4. The summed E-state index contributed by atoms with van der Waals surface area (Å²) in [6.07, 6.45) is 0.634. The number of carbonyl (C=O) groups excluding carboxylic acids is 1. The van der Waals surface area contributed by atoms with Crippen molar-refractivity contribution in [1.82, 2.24) is 4.90 Å². The predicted octanol–water partition coefficient (Wildman–Crippen LogP) is 2.79. The van der Waals surface area contributed by atoms with Gasteiger partial charge in [0.2, 0.25) is 0 Å². The molecule has 0 aromatic heterocycles. The van der Waals surface area contributed by atoms with Gasteiger partial charge in [-0.25, -0.2) is 0 Å². The highest BCUT2D eigenvalue weighted by Crippen LogP contribution is 2.48. The van der Waals surface area contributed by atoms with Crippen LogP contribution in [0.15, 0.2) is 53.6 Å². The number of aliphatic hydroxyl groups excluding tert-OH is 1. The number of fused-ring (bicyclic) bond motifs is 4. The van der Waals surface area contributed by atoms with E-state index in [-0.39, 0.29) is 18.6 Å². The van der Waals surface area contributed by atoms with Crippen LogP contribution in [-0.4, -0.2) is 60.5 Å². The minimum Gasteiger partial charge on any atom is -0.395 e. The number of anilines is 2. The number of aliphatic hydroxyl groups is 1. The lowest BCUT2D eigenvalue weighted by atomic mass is 9.67. The molecule has 1 fully saturated rings. The summed E-state index contributed by atoms with van der Waals surface area (Å²) < 4.78 is 0. The van der Waals surface area contributed by atoms with E-state index in [1.54, 1.807) is 17.1 Å². The van der Waals surface area contributed by atoms with Crippen molar-refractivity contribution in [2.75, 3.05) is 42.7 Å². The summed E-state index contributed by atoms with van der Waals surface area (Å²) in [5.41, 5.74) is 3.25. The van der Waals surface area contributed by atoms with Gasteiger partial charge in [0, 0.05) is 36.9 Å². The first kappa shape index (κ1) is 19.5. The minimum absolute atomic E-state index is 0.0117. The number of benzene rings is 2. The Morgan fingerprint density at radius 1 is 1.17 bits per heavy atom. The molecule has 6 nitrogen and oxygen atoms in total. The van der Waals surface area contributed by atoms with Crippen LogP contribution in [-0.2, 0) is 11.2 Å². The zero-order chi connectivity index (χ0) is 20.9. The van der Waals surface area contributed by atoms with E-state index < -0.39 is 5.41 Å². The SMILES string of the molecule is CC1=NN(c2ccc(Cl)cc2)C(=O)[C@]12Cc1ccccc1N1CCN(CCO)C[C@@H]12. The summed E-state index contributed by atoms with van der Waals surface area (Å²) in [5, 5.41) is 16.4. The van der Waals surface area contributed by atoms with Gasteiger partial charge in [-0.2, -0.15) is 10.1 Å². The van der Waals surface area contributed by atoms with Gasteiger partial charge in [-0.3, -0.25) is 9.69 Å². The molecule has 0 unspecified atom stereocenters. The lowest BCUT2D eigenvalue weighted by molar-refractivity contribution is -0.125. The molecule has 0 saturated carbocycles. The van der Waals surface area contributed by atoms with E-state index in [1.165, 1.54) is 11.3 Å². The highest BCUT2D eigenvalue weighted by atomic mass is 35.5. The quantitative estimate of drug-likeness (QED) is 0.823. The van der Waals surface area contributed by atoms with E-state index in [0.29, 0.717) is 18.0 Å². The standard InChI is InChI=1S/C23H25ClN4O2/c1-16-23(22(30)28(25-16)19-8-6-18(24)7-9-19)14-17-4-2-3-5-20(17)27-11-10-26(12-13-29)15-21(23)27/h2-9,21,29H,10-15H2,1H3/t21-,23-/m1/s1. The van der Waals surface area contributed by atoms with E-state index in [1.807, 2.05) is 25.1 Å². The molecule has 0 radical (unpaired) electrons. The van der Waals surface area contributed by atoms with Gasteiger partial charge in [0.15, 0.2) is 0 Å². The fraction of sp³-hybridized carbons (Fsp3) is 0.391. The molecule has 1 N–H and O–H groups in total. The van der Waals surface area contributed by atoms with Crippen LogP contribution in [0.3, 0.4) is 0 Å². The molecule has 0 bridgehead atoms. The lowest BCUT2D eigenvalue weighted by Gasteiger charge is -2.53. The minimum atomic E-state index is -0.720. The summed E-state index contributed by atoms with van der Waals surface area (Å²) in [5.74, 6) is 0.0117. The number of β-amino-alcohol motifs (C(OH)–C–C–N with tert-alkyl or cyclic N) is 1. The number of nitrogens with zero attached hydrogens (tertiary/aromatic N) is 4. The molecular formula is C23H25ClN4O2. The van der Waals surface area contributed by atoms with Crippen molar-refractivity contribution in [3.8, 4) is 0 Å². The summed E-state index contributed by atoms with van der Waals surface area (Å²) in [6, 6.07) is 15.6. The van der Waals surface area contributed by atoms with Gasteiger partial charge in [0.1, 0.15) is 5.41 Å². The number of rotatable bonds is 3. The van der Waals surface area contributed by atoms with Crippen LogP contribution >= 0.6 is 11.6 Å². The van der Waals surface area contributed by atoms with Crippen molar-refractivity contribution in [2.24, 2.45) is 10.5 Å². The van der Waals surface area contributed by atoms with Gasteiger partial charge in [0.05, 0.1) is 24.0 Å². The maximum atomic E-state index is 14.0. The highest BCUT2D eigenvalue weighted by molar-refractivity contribution is 6.30. The molecular weight excluding hydrogens is 400 g/mol. The first-order chi connectivity index (χ1) is 14.5. The number of amides is 1. The van der Waals surface area contributed by atoms with Crippen LogP contribution in [0.1, 0.15) is 12.5 Å². The monoisotopic (exact) mass is 424 g/mol. The topological polar surface area (TPSA) is 59.4 Å². The van der Waals surface area contributed by atoms with E-state index in [4.69, 9.17) is 16.7 Å². The summed E-state index contributed by atoms with van der Waals surface area (Å²) in [6.45, 7) is 5.13. The molecule has 1 amide bonds. The van der Waals surface area contributed by atoms with Gasteiger partial charge >= 0.3 is 0 Å². The number of para-hydroxylation sites is 1. The van der Waals surface area contributed by atoms with Crippen molar-refractivity contribution in [3.05, 3.63) is 59.1 Å². The highest BCUT2D eigenvalue weighted by Gasteiger charge is 2.59. The van der Waals surface area contributed by atoms with Gasteiger partial charge in [0.25, 0.3) is 5.91 Å². The average Bonchev–Trinajstić information content (AvgIpc) is 3.00. The van der Waals surface area contributed by atoms with E-state index in [0.717, 1.165) is 31.0 Å².